The molecule has 0 aliphatic carbocycles. The van der Waals surface area contributed by atoms with E-state index >= 15 is 0 Å². The van der Waals surface area contributed by atoms with Crippen LogP contribution in [0.2, 0.25) is 5.02 Å². The fraction of sp³-hybridized carbons (Fsp3) is 0.222. The van der Waals surface area contributed by atoms with Gasteiger partial charge in [-0.15, -0.1) is 0 Å². The van der Waals surface area contributed by atoms with Crippen molar-refractivity contribution in [1.29, 1.82) is 0 Å². The Balaban J connectivity index is 1.79. The third-order valence-corrected chi connectivity index (χ3v) is 3.89. The lowest BCUT2D eigenvalue weighted by Crippen LogP contribution is -2.40. The first-order valence-corrected chi connectivity index (χ1v) is 8.10. The molecule has 2 aromatic carbocycles. The Morgan fingerprint density at radius 2 is 1.80 bits per heavy atom. The third-order valence-electron chi connectivity index (χ3n) is 3.54. The Morgan fingerprint density at radius 1 is 1.12 bits per heavy atom. The second-order valence-corrected chi connectivity index (χ2v) is 5.76. The highest BCUT2D eigenvalue weighted by Crippen LogP contribution is 2.21. The van der Waals surface area contributed by atoms with Crippen molar-refractivity contribution in [2.45, 2.75) is 13.0 Å². The summed E-state index contributed by atoms with van der Waals surface area (Å²) in [7, 11) is 1.56. The zero-order valence-electron chi connectivity index (χ0n) is 14.0. The van der Waals surface area contributed by atoms with Crippen molar-refractivity contribution in [2.75, 3.05) is 19.0 Å². The summed E-state index contributed by atoms with van der Waals surface area (Å²) in [6.07, 6.45) is 0. The van der Waals surface area contributed by atoms with E-state index < -0.39 is 11.9 Å². The molecule has 0 heterocycles. The molecular weight excluding hydrogens is 342 g/mol. The summed E-state index contributed by atoms with van der Waals surface area (Å²) in [6, 6.07) is 13.5. The van der Waals surface area contributed by atoms with Crippen LogP contribution in [-0.2, 0) is 4.79 Å². The molecule has 6 nitrogen and oxygen atoms in total. The predicted octanol–water partition coefficient (Wildman–Crippen LogP) is 3.35. The van der Waals surface area contributed by atoms with Gasteiger partial charge in [0, 0.05) is 16.8 Å². The molecule has 0 fully saturated rings. The van der Waals surface area contributed by atoms with Crippen molar-refractivity contribution >= 4 is 29.2 Å². The van der Waals surface area contributed by atoms with E-state index in [1.807, 2.05) is 25.1 Å². The Labute approximate surface area is 151 Å². The number of hydrogen-bond acceptors (Lipinski definition) is 4. The second-order valence-electron chi connectivity index (χ2n) is 5.35. The van der Waals surface area contributed by atoms with E-state index in [9.17, 15) is 9.59 Å². The van der Waals surface area contributed by atoms with Crippen molar-refractivity contribution in [3.8, 4) is 5.75 Å². The Kier molecular flexibility index (Phi) is 6.80. The number of methoxy groups -OCH3 is 1. The van der Waals surface area contributed by atoms with E-state index in [-0.39, 0.29) is 12.6 Å². The molecule has 132 valence electrons. The lowest BCUT2D eigenvalue weighted by molar-refractivity contribution is -0.119. The van der Waals surface area contributed by atoms with E-state index in [2.05, 4.69) is 16.0 Å². The molecule has 0 aromatic heterocycles. The maximum atomic E-state index is 11.9. The zero-order chi connectivity index (χ0) is 18.2. The monoisotopic (exact) mass is 361 g/mol. The highest BCUT2D eigenvalue weighted by molar-refractivity contribution is 6.31. The zero-order valence-corrected chi connectivity index (χ0v) is 14.8. The molecule has 0 saturated heterocycles. The van der Waals surface area contributed by atoms with E-state index in [1.54, 1.807) is 37.4 Å². The van der Waals surface area contributed by atoms with Crippen molar-refractivity contribution in [1.82, 2.24) is 10.6 Å². The van der Waals surface area contributed by atoms with Gasteiger partial charge in [0.1, 0.15) is 5.75 Å². The number of halogens is 1. The third kappa shape index (κ3) is 5.77. The van der Waals surface area contributed by atoms with Gasteiger partial charge in [-0.25, -0.2) is 4.79 Å². The molecule has 0 radical (unpaired) electrons. The fourth-order valence-corrected chi connectivity index (χ4v) is 2.49. The standard InChI is InChI=1S/C18H20ClN3O3/c1-12(15-5-3-4-6-16(15)19)20-11-17(23)22-18(24)21-13-7-9-14(25-2)10-8-13/h3-10,12,20H,11H2,1-2H3,(H2,21,22,23,24). The molecule has 25 heavy (non-hydrogen) atoms. The number of hydrogen-bond donors (Lipinski definition) is 3. The normalized spacial score (nSPS) is 11.5. The maximum Gasteiger partial charge on any atom is 0.325 e. The number of nitrogens with one attached hydrogen (secondary N) is 3. The lowest BCUT2D eigenvalue weighted by atomic mass is 10.1. The van der Waals surface area contributed by atoms with Gasteiger partial charge in [0.25, 0.3) is 0 Å². The number of carbonyl (C=O) groups excluding carboxylic acids is 2. The van der Waals surface area contributed by atoms with E-state index in [4.69, 9.17) is 16.3 Å². The van der Waals surface area contributed by atoms with Gasteiger partial charge < -0.3 is 15.4 Å². The van der Waals surface area contributed by atoms with Gasteiger partial charge in [-0.2, -0.15) is 0 Å². The average Bonchev–Trinajstić information content (AvgIpc) is 2.60. The largest absolute Gasteiger partial charge is 0.497 e. The first-order valence-electron chi connectivity index (χ1n) is 7.72. The number of imide groups is 1. The molecule has 2 aromatic rings. The summed E-state index contributed by atoms with van der Waals surface area (Å²) in [4.78, 5) is 23.7. The number of anilines is 1. The summed E-state index contributed by atoms with van der Waals surface area (Å²) < 4.78 is 5.04. The molecule has 0 spiro atoms. The van der Waals surface area contributed by atoms with Crippen LogP contribution < -0.4 is 20.7 Å². The van der Waals surface area contributed by atoms with Crippen LogP contribution in [0.25, 0.3) is 0 Å². The van der Waals surface area contributed by atoms with Crippen LogP contribution in [0.3, 0.4) is 0 Å². The molecule has 0 saturated carbocycles. The van der Waals surface area contributed by atoms with Crippen LogP contribution in [0.4, 0.5) is 10.5 Å². The minimum Gasteiger partial charge on any atom is -0.497 e. The Hall–Kier alpha value is -2.57. The van der Waals surface area contributed by atoms with Gasteiger partial charge in [-0.05, 0) is 42.8 Å². The quantitative estimate of drug-likeness (QED) is 0.737. The molecule has 0 aliphatic heterocycles. The lowest BCUT2D eigenvalue weighted by Gasteiger charge is -2.15. The molecule has 2 rings (SSSR count). The minimum absolute atomic E-state index is 0.0115. The molecule has 3 N–H and O–H groups in total. The predicted molar refractivity (Wildman–Crippen MR) is 98.0 cm³/mol. The van der Waals surface area contributed by atoms with E-state index in [0.29, 0.717) is 16.5 Å². The molecular formula is C18H20ClN3O3. The molecule has 0 bridgehead atoms. The molecule has 1 unspecified atom stereocenters. The van der Waals surface area contributed by atoms with Crippen LogP contribution in [0.1, 0.15) is 18.5 Å². The number of benzene rings is 2. The van der Waals surface area contributed by atoms with Gasteiger partial charge in [0.2, 0.25) is 5.91 Å². The van der Waals surface area contributed by atoms with Gasteiger partial charge in [-0.1, -0.05) is 29.8 Å². The number of amides is 3. The summed E-state index contributed by atoms with van der Waals surface area (Å²) in [5, 5.41) is 8.50. The van der Waals surface area contributed by atoms with Crippen LogP contribution in [0.5, 0.6) is 5.75 Å². The fourth-order valence-electron chi connectivity index (χ4n) is 2.19. The Morgan fingerprint density at radius 3 is 2.44 bits per heavy atom. The summed E-state index contributed by atoms with van der Waals surface area (Å²) in [5.41, 5.74) is 1.45. The molecule has 0 aliphatic rings. The molecule has 7 heteroatoms. The number of ether oxygens (including phenoxy) is 1. The smallest absolute Gasteiger partial charge is 0.325 e. The second kappa shape index (κ2) is 9.05. The molecule has 1 atom stereocenters. The van der Waals surface area contributed by atoms with Gasteiger partial charge >= 0.3 is 6.03 Å². The Bertz CT molecular complexity index is 735. The van der Waals surface area contributed by atoms with Gasteiger partial charge in [0.05, 0.1) is 13.7 Å². The SMILES string of the molecule is COc1ccc(NC(=O)NC(=O)CNC(C)c2ccccc2Cl)cc1. The highest BCUT2D eigenvalue weighted by Gasteiger charge is 2.12. The van der Waals surface area contributed by atoms with Crippen molar-refractivity contribution < 1.29 is 14.3 Å². The highest BCUT2D eigenvalue weighted by atomic mass is 35.5. The van der Waals surface area contributed by atoms with Gasteiger partial charge in [0.15, 0.2) is 0 Å². The number of carbonyl (C=O) groups is 2. The number of rotatable bonds is 6. The maximum absolute atomic E-state index is 11.9. The van der Waals surface area contributed by atoms with Crippen molar-refractivity contribution in [2.24, 2.45) is 0 Å². The van der Waals surface area contributed by atoms with Crippen LogP contribution in [-0.4, -0.2) is 25.6 Å². The van der Waals surface area contributed by atoms with Crippen LogP contribution in [0.15, 0.2) is 48.5 Å². The first kappa shape index (κ1) is 18.8. The van der Waals surface area contributed by atoms with E-state index in [1.165, 1.54) is 0 Å². The summed E-state index contributed by atoms with van der Waals surface area (Å²) in [5.74, 6) is 0.240. The minimum atomic E-state index is -0.595. The van der Waals surface area contributed by atoms with E-state index in [0.717, 1.165) is 5.56 Å². The molecule has 3 amide bonds. The average molecular weight is 362 g/mol. The van der Waals surface area contributed by atoms with Gasteiger partial charge in [-0.3, -0.25) is 10.1 Å². The van der Waals surface area contributed by atoms with Crippen molar-refractivity contribution in [3.05, 3.63) is 59.1 Å². The number of urea groups is 1. The topological polar surface area (TPSA) is 79.5 Å². The van der Waals surface area contributed by atoms with Crippen LogP contribution >= 0.6 is 11.6 Å². The summed E-state index contributed by atoms with van der Waals surface area (Å²) in [6.45, 7) is 1.88. The first-order chi connectivity index (χ1) is 12.0. The summed E-state index contributed by atoms with van der Waals surface area (Å²) >= 11 is 6.12. The van der Waals surface area contributed by atoms with Crippen LogP contribution in [0, 0.1) is 0 Å². The van der Waals surface area contributed by atoms with Crippen molar-refractivity contribution in [3.63, 3.8) is 0 Å².